The fraction of sp³-hybridized carbons (Fsp3) is 0.222. The van der Waals surface area contributed by atoms with Crippen molar-refractivity contribution < 1.29 is 13.9 Å². The third-order valence-corrected chi connectivity index (χ3v) is 5.42. The van der Waals surface area contributed by atoms with Crippen LogP contribution in [-0.4, -0.2) is 31.4 Å². The number of nitrogens with zero attached hydrogens (tertiary/aromatic N) is 4. The van der Waals surface area contributed by atoms with Crippen molar-refractivity contribution in [2.75, 3.05) is 11.1 Å². The summed E-state index contributed by atoms with van der Waals surface area (Å²) in [6.45, 7) is 2.65. The summed E-state index contributed by atoms with van der Waals surface area (Å²) < 4.78 is 21.4. The van der Waals surface area contributed by atoms with E-state index >= 15 is 0 Å². The zero-order valence-corrected chi connectivity index (χ0v) is 18.4. The van der Waals surface area contributed by atoms with Gasteiger partial charge in [0.05, 0.1) is 10.8 Å². The van der Waals surface area contributed by atoms with Crippen molar-refractivity contribution in [3.05, 3.63) is 57.7 Å². The Balaban J connectivity index is 1.58. The van der Waals surface area contributed by atoms with E-state index in [9.17, 15) is 9.18 Å². The van der Waals surface area contributed by atoms with Crippen LogP contribution in [0.4, 0.5) is 10.2 Å². The lowest BCUT2D eigenvalue weighted by Gasteiger charge is -2.10. The molecule has 0 spiro atoms. The number of hydrogen-bond donors (Lipinski definition) is 1. The van der Waals surface area contributed by atoms with Gasteiger partial charge in [-0.05, 0) is 53.2 Å². The molecule has 0 aliphatic carbocycles. The van der Waals surface area contributed by atoms with E-state index in [1.807, 2.05) is 11.5 Å². The molecule has 3 aromatic rings. The van der Waals surface area contributed by atoms with Gasteiger partial charge in [-0.15, -0.1) is 10.2 Å². The number of amides is 1. The molecule has 0 aliphatic heterocycles. The zero-order valence-electron chi connectivity index (χ0n) is 15.2. The number of hydrogen-bond acceptors (Lipinski definition) is 6. The minimum Gasteiger partial charge on any atom is -0.484 e. The molecule has 152 valence electrons. The number of thioether (sulfide) groups is 1. The van der Waals surface area contributed by atoms with Crippen LogP contribution in [0.1, 0.15) is 12.7 Å². The standard InChI is InChI=1S/C18H16BrClFN5O2S/c1-2-26-16(9-28-14-5-4-12(21)7-13(14)20)24-25-18(26)29-10-17(27)23-15-6-3-11(19)8-22-15/h3-8H,2,9-10H2,1H3,(H,22,23,27). The second-order valence-electron chi connectivity index (χ2n) is 5.70. The Kier molecular flexibility index (Phi) is 7.45. The molecule has 1 N–H and O–H groups in total. The molecule has 2 heterocycles. The molecule has 0 radical (unpaired) electrons. The highest BCUT2D eigenvalue weighted by atomic mass is 79.9. The highest BCUT2D eigenvalue weighted by Gasteiger charge is 2.15. The molecule has 1 amide bonds. The van der Waals surface area contributed by atoms with Gasteiger partial charge in [-0.1, -0.05) is 23.4 Å². The predicted molar refractivity (Wildman–Crippen MR) is 113 cm³/mol. The normalized spacial score (nSPS) is 10.8. The van der Waals surface area contributed by atoms with Crippen LogP contribution in [0, 0.1) is 5.82 Å². The van der Waals surface area contributed by atoms with E-state index in [1.54, 1.807) is 18.3 Å². The van der Waals surface area contributed by atoms with Gasteiger partial charge in [-0.2, -0.15) is 0 Å². The predicted octanol–water partition coefficient (Wildman–Crippen LogP) is 4.56. The van der Waals surface area contributed by atoms with Crippen molar-refractivity contribution in [3.63, 3.8) is 0 Å². The van der Waals surface area contributed by atoms with Crippen molar-refractivity contribution in [1.29, 1.82) is 0 Å². The molecule has 0 saturated heterocycles. The Bertz CT molecular complexity index is 1000. The van der Waals surface area contributed by atoms with Crippen LogP contribution in [0.5, 0.6) is 5.75 Å². The highest BCUT2D eigenvalue weighted by molar-refractivity contribution is 9.10. The zero-order chi connectivity index (χ0) is 20.8. The first-order chi connectivity index (χ1) is 14.0. The van der Waals surface area contributed by atoms with Crippen molar-refractivity contribution in [3.8, 4) is 5.75 Å². The lowest BCUT2D eigenvalue weighted by atomic mass is 10.3. The summed E-state index contributed by atoms with van der Waals surface area (Å²) in [7, 11) is 0. The van der Waals surface area contributed by atoms with Crippen LogP contribution in [0.15, 0.2) is 46.2 Å². The van der Waals surface area contributed by atoms with E-state index in [0.717, 1.165) is 4.47 Å². The smallest absolute Gasteiger partial charge is 0.236 e. The van der Waals surface area contributed by atoms with E-state index in [1.165, 1.54) is 30.0 Å². The summed E-state index contributed by atoms with van der Waals surface area (Å²) in [4.78, 5) is 16.2. The molecule has 29 heavy (non-hydrogen) atoms. The average Bonchev–Trinajstić information content (AvgIpc) is 3.09. The molecule has 0 atom stereocenters. The van der Waals surface area contributed by atoms with Gasteiger partial charge in [0, 0.05) is 17.2 Å². The molecule has 2 aromatic heterocycles. The van der Waals surface area contributed by atoms with E-state index in [2.05, 4.69) is 36.4 Å². The second-order valence-corrected chi connectivity index (χ2v) is 7.97. The molecule has 3 rings (SSSR count). The molecule has 0 saturated carbocycles. The summed E-state index contributed by atoms with van der Waals surface area (Å²) in [5, 5.41) is 11.7. The Hall–Kier alpha value is -2.17. The first-order valence-corrected chi connectivity index (χ1v) is 10.7. The third-order valence-electron chi connectivity index (χ3n) is 3.69. The molecule has 11 heteroatoms. The number of nitrogens with one attached hydrogen (secondary N) is 1. The Morgan fingerprint density at radius 3 is 2.86 bits per heavy atom. The summed E-state index contributed by atoms with van der Waals surface area (Å²) in [5.41, 5.74) is 0. The number of rotatable bonds is 8. The number of ether oxygens (including phenoxy) is 1. The number of pyridine rings is 1. The van der Waals surface area contributed by atoms with Crippen molar-refractivity contribution in [2.45, 2.75) is 25.2 Å². The third kappa shape index (κ3) is 5.91. The molecule has 0 unspecified atom stereocenters. The van der Waals surface area contributed by atoms with Crippen molar-refractivity contribution in [1.82, 2.24) is 19.7 Å². The Morgan fingerprint density at radius 2 is 2.17 bits per heavy atom. The average molecular weight is 501 g/mol. The number of aromatic nitrogens is 4. The summed E-state index contributed by atoms with van der Waals surface area (Å²) >= 11 is 10.5. The minimum absolute atomic E-state index is 0.113. The van der Waals surface area contributed by atoms with Crippen LogP contribution in [0.2, 0.25) is 5.02 Å². The lowest BCUT2D eigenvalue weighted by molar-refractivity contribution is -0.113. The maximum absolute atomic E-state index is 13.1. The molecule has 1 aromatic carbocycles. The van der Waals surface area contributed by atoms with Gasteiger partial charge in [0.2, 0.25) is 5.91 Å². The fourth-order valence-electron chi connectivity index (χ4n) is 2.34. The van der Waals surface area contributed by atoms with Gasteiger partial charge < -0.3 is 14.6 Å². The van der Waals surface area contributed by atoms with Crippen molar-refractivity contribution >= 4 is 51.0 Å². The van der Waals surface area contributed by atoms with E-state index < -0.39 is 5.82 Å². The topological polar surface area (TPSA) is 81.9 Å². The number of anilines is 1. The number of benzene rings is 1. The van der Waals surface area contributed by atoms with Crippen LogP contribution in [0.25, 0.3) is 0 Å². The Labute approximate surface area is 184 Å². The largest absolute Gasteiger partial charge is 0.484 e. The molecule has 0 bridgehead atoms. The van der Waals surface area contributed by atoms with E-state index in [4.69, 9.17) is 16.3 Å². The first-order valence-electron chi connectivity index (χ1n) is 8.50. The summed E-state index contributed by atoms with van der Waals surface area (Å²) in [6.07, 6.45) is 1.61. The molecule has 7 nitrogen and oxygen atoms in total. The number of carbonyl (C=O) groups excluding carboxylic acids is 1. The van der Waals surface area contributed by atoms with Gasteiger partial charge in [0.1, 0.15) is 24.0 Å². The fourth-order valence-corrected chi connectivity index (χ4v) is 3.62. The van der Waals surface area contributed by atoms with Crippen LogP contribution >= 0.6 is 39.3 Å². The summed E-state index contributed by atoms with van der Waals surface area (Å²) in [6, 6.07) is 7.41. The summed E-state index contributed by atoms with van der Waals surface area (Å²) in [5.74, 6) is 0.919. The molecule has 0 aliphatic rings. The van der Waals surface area contributed by atoms with Gasteiger partial charge in [-0.3, -0.25) is 4.79 Å². The second kappa shape index (κ2) is 10.0. The molecular formula is C18H16BrClFN5O2S. The quantitative estimate of drug-likeness (QED) is 0.457. The maximum atomic E-state index is 13.1. The van der Waals surface area contributed by atoms with E-state index in [0.29, 0.717) is 29.1 Å². The van der Waals surface area contributed by atoms with Crippen molar-refractivity contribution in [2.24, 2.45) is 0 Å². The minimum atomic E-state index is -0.436. The lowest BCUT2D eigenvalue weighted by Crippen LogP contribution is -2.15. The van der Waals surface area contributed by atoms with Gasteiger partial charge in [0.25, 0.3) is 0 Å². The van der Waals surface area contributed by atoms with Gasteiger partial charge in [0.15, 0.2) is 11.0 Å². The number of halogens is 3. The van der Waals surface area contributed by atoms with Gasteiger partial charge in [-0.25, -0.2) is 9.37 Å². The van der Waals surface area contributed by atoms with Crippen LogP contribution in [0.3, 0.4) is 0 Å². The van der Waals surface area contributed by atoms with E-state index in [-0.39, 0.29) is 23.3 Å². The number of carbonyl (C=O) groups is 1. The SMILES string of the molecule is CCn1c(COc2ccc(F)cc2Cl)nnc1SCC(=O)Nc1ccc(Br)cn1. The first kappa shape index (κ1) is 21.5. The Morgan fingerprint density at radius 1 is 1.34 bits per heavy atom. The molecule has 0 fully saturated rings. The van der Waals surface area contributed by atoms with Crippen LogP contribution < -0.4 is 10.1 Å². The maximum Gasteiger partial charge on any atom is 0.236 e. The van der Waals surface area contributed by atoms with Gasteiger partial charge >= 0.3 is 0 Å². The molecular weight excluding hydrogens is 485 g/mol. The monoisotopic (exact) mass is 499 g/mol. The highest BCUT2D eigenvalue weighted by Crippen LogP contribution is 2.26. The van der Waals surface area contributed by atoms with Crippen LogP contribution in [-0.2, 0) is 17.9 Å².